The molecule has 3 rings (SSSR count). The number of alkyl halides is 3. The zero-order valence-corrected chi connectivity index (χ0v) is 14.5. The van der Waals surface area contributed by atoms with E-state index in [-0.39, 0.29) is 17.6 Å². The van der Waals surface area contributed by atoms with Crippen LogP contribution < -0.4 is 10.9 Å². The third-order valence-corrected chi connectivity index (χ3v) is 4.22. The summed E-state index contributed by atoms with van der Waals surface area (Å²) in [6.07, 6.45) is -3.39. The van der Waals surface area contributed by atoms with Crippen LogP contribution in [0.15, 0.2) is 35.3 Å². The molecule has 27 heavy (non-hydrogen) atoms. The van der Waals surface area contributed by atoms with Crippen LogP contribution in [-0.2, 0) is 17.5 Å². The average molecular weight is 379 g/mol. The van der Waals surface area contributed by atoms with Gasteiger partial charge in [0, 0.05) is 17.8 Å². The van der Waals surface area contributed by atoms with E-state index in [0.29, 0.717) is 0 Å². The molecule has 3 aromatic rings. The number of para-hydroxylation sites is 2. The lowest BCUT2D eigenvalue weighted by Gasteiger charge is -2.19. The number of fused-ring (bicyclic) bond motifs is 1. The van der Waals surface area contributed by atoms with Crippen molar-refractivity contribution in [3.63, 3.8) is 0 Å². The van der Waals surface area contributed by atoms with Crippen molar-refractivity contribution >= 4 is 16.9 Å². The standard InChI is InChI=1S/C17H16F3N5O2/c1-9-11(8-22-24-9)7-21-15(26)10(2)25-13-6-4-3-5-12(13)23-14(16(25)27)17(18,19)20/h3-6,8,10H,7H2,1-2H3,(H,21,26)(H,22,24)/t10-/m0/s1. The number of aromatic amines is 1. The molecule has 2 N–H and O–H groups in total. The van der Waals surface area contributed by atoms with E-state index in [0.717, 1.165) is 15.8 Å². The van der Waals surface area contributed by atoms with Gasteiger partial charge in [0.05, 0.1) is 17.2 Å². The molecule has 10 heteroatoms. The number of hydrogen-bond acceptors (Lipinski definition) is 4. The predicted octanol–water partition coefficient (Wildman–Crippen LogP) is 2.32. The second kappa shape index (κ2) is 6.86. The molecule has 7 nitrogen and oxygen atoms in total. The maximum absolute atomic E-state index is 13.2. The summed E-state index contributed by atoms with van der Waals surface area (Å²) >= 11 is 0. The zero-order chi connectivity index (χ0) is 19.8. The first-order valence-electron chi connectivity index (χ1n) is 8.05. The minimum atomic E-state index is -4.92. The maximum Gasteiger partial charge on any atom is 0.438 e. The lowest BCUT2D eigenvalue weighted by Crippen LogP contribution is -2.38. The van der Waals surface area contributed by atoms with E-state index in [1.807, 2.05) is 0 Å². The van der Waals surface area contributed by atoms with E-state index < -0.39 is 29.4 Å². The molecule has 0 spiro atoms. The zero-order valence-electron chi connectivity index (χ0n) is 14.5. The van der Waals surface area contributed by atoms with E-state index in [1.165, 1.54) is 31.3 Å². The Kier molecular flexibility index (Phi) is 4.73. The Hall–Kier alpha value is -3.17. The van der Waals surface area contributed by atoms with Crippen molar-refractivity contribution in [2.75, 3.05) is 0 Å². The van der Waals surface area contributed by atoms with Gasteiger partial charge in [-0.2, -0.15) is 18.3 Å². The first-order chi connectivity index (χ1) is 12.7. The molecular weight excluding hydrogens is 363 g/mol. The minimum absolute atomic E-state index is 0.0187. The molecule has 0 saturated heterocycles. The molecule has 0 bridgehead atoms. The Balaban J connectivity index is 2.01. The molecular formula is C17H16F3N5O2. The quantitative estimate of drug-likeness (QED) is 0.728. The van der Waals surface area contributed by atoms with E-state index in [2.05, 4.69) is 20.5 Å². The van der Waals surface area contributed by atoms with Gasteiger partial charge in [0.15, 0.2) is 0 Å². The number of aromatic nitrogens is 4. The number of benzene rings is 1. The third-order valence-electron chi connectivity index (χ3n) is 4.22. The van der Waals surface area contributed by atoms with Gasteiger partial charge >= 0.3 is 6.18 Å². The number of carbonyl (C=O) groups is 1. The molecule has 1 aromatic carbocycles. The highest BCUT2D eigenvalue weighted by atomic mass is 19.4. The molecule has 0 radical (unpaired) electrons. The Morgan fingerprint density at radius 1 is 1.33 bits per heavy atom. The molecule has 0 aliphatic rings. The van der Waals surface area contributed by atoms with Gasteiger partial charge in [0.2, 0.25) is 11.6 Å². The summed E-state index contributed by atoms with van der Waals surface area (Å²) in [6.45, 7) is 3.27. The smallest absolute Gasteiger partial charge is 0.350 e. The predicted molar refractivity (Wildman–Crippen MR) is 90.9 cm³/mol. The van der Waals surface area contributed by atoms with E-state index in [1.54, 1.807) is 13.0 Å². The average Bonchev–Trinajstić information content (AvgIpc) is 3.02. The van der Waals surface area contributed by atoms with Crippen molar-refractivity contribution in [1.29, 1.82) is 0 Å². The van der Waals surface area contributed by atoms with E-state index in [4.69, 9.17) is 0 Å². The van der Waals surface area contributed by atoms with Crippen molar-refractivity contribution in [1.82, 2.24) is 25.1 Å². The second-order valence-corrected chi connectivity index (χ2v) is 6.04. The summed E-state index contributed by atoms with van der Waals surface area (Å²) in [5.74, 6) is -0.595. The summed E-state index contributed by atoms with van der Waals surface area (Å²) in [7, 11) is 0. The molecule has 142 valence electrons. The first-order valence-corrected chi connectivity index (χ1v) is 8.05. The number of H-pyrrole nitrogens is 1. The Labute approximate surface area is 151 Å². The number of amides is 1. The highest BCUT2D eigenvalue weighted by molar-refractivity contribution is 5.83. The van der Waals surface area contributed by atoms with Gasteiger partial charge in [-0.1, -0.05) is 12.1 Å². The van der Waals surface area contributed by atoms with Gasteiger partial charge in [0.1, 0.15) is 6.04 Å². The second-order valence-electron chi connectivity index (χ2n) is 6.04. The van der Waals surface area contributed by atoms with Crippen molar-refractivity contribution in [2.24, 2.45) is 0 Å². The number of nitrogens with zero attached hydrogens (tertiary/aromatic N) is 3. The van der Waals surface area contributed by atoms with Gasteiger partial charge in [-0.3, -0.25) is 19.3 Å². The van der Waals surface area contributed by atoms with Crippen LogP contribution in [0.1, 0.15) is 29.9 Å². The van der Waals surface area contributed by atoms with Crippen LogP contribution in [0.3, 0.4) is 0 Å². The van der Waals surface area contributed by atoms with Crippen molar-refractivity contribution < 1.29 is 18.0 Å². The normalized spacial score (nSPS) is 12.9. The fourth-order valence-corrected chi connectivity index (χ4v) is 2.72. The number of halogens is 3. The van der Waals surface area contributed by atoms with Crippen LogP contribution in [-0.4, -0.2) is 25.7 Å². The molecule has 0 saturated carbocycles. The van der Waals surface area contributed by atoms with Crippen molar-refractivity contribution in [3.8, 4) is 0 Å². The highest BCUT2D eigenvalue weighted by Crippen LogP contribution is 2.27. The summed E-state index contributed by atoms with van der Waals surface area (Å²) in [6, 6.07) is 4.72. The molecule has 2 heterocycles. The van der Waals surface area contributed by atoms with E-state index >= 15 is 0 Å². The minimum Gasteiger partial charge on any atom is -0.350 e. The summed E-state index contributed by atoms with van der Waals surface area (Å²) in [5.41, 5.74) is -1.28. The fraction of sp³-hybridized carbons (Fsp3) is 0.294. The number of aryl methyl sites for hydroxylation is 1. The number of hydrogen-bond donors (Lipinski definition) is 2. The molecule has 1 amide bonds. The third kappa shape index (κ3) is 3.55. The monoisotopic (exact) mass is 379 g/mol. The molecule has 0 aliphatic heterocycles. The largest absolute Gasteiger partial charge is 0.438 e. The van der Waals surface area contributed by atoms with Gasteiger partial charge < -0.3 is 5.32 Å². The Morgan fingerprint density at radius 2 is 2.04 bits per heavy atom. The van der Waals surface area contributed by atoms with Crippen LogP contribution in [0, 0.1) is 6.92 Å². The van der Waals surface area contributed by atoms with Crippen LogP contribution in [0.5, 0.6) is 0 Å². The van der Waals surface area contributed by atoms with Gasteiger partial charge in [-0.05, 0) is 26.0 Å². The molecule has 0 unspecified atom stereocenters. The van der Waals surface area contributed by atoms with Gasteiger partial charge in [-0.25, -0.2) is 4.98 Å². The number of nitrogens with one attached hydrogen (secondary N) is 2. The van der Waals surface area contributed by atoms with Gasteiger partial charge in [-0.15, -0.1) is 0 Å². The van der Waals surface area contributed by atoms with Crippen LogP contribution in [0.2, 0.25) is 0 Å². The Bertz CT molecular complexity index is 1050. The van der Waals surface area contributed by atoms with Crippen molar-refractivity contribution in [2.45, 2.75) is 32.6 Å². The van der Waals surface area contributed by atoms with Crippen molar-refractivity contribution in [3.05, 3.63) is 57.8 Å². The molecule has 0 aliphatic carbocycles. The Morgan fingerprint density at radius 3 is 2.67 bits per heavy atom. The SMILES string of the molecule is Cc1[nH]ncc1CNC(=O)[C@H](C)n1c(=O)c(C(F)(F)F)nc2ccccc21. The molecule has 2 aromatic heterocycles. The highest BCUT2D eigenvalue weighted by Gasteiger charge is 2.38. The molecule has 1 atom stereocenters. The first kappa shape index (κ1) is 18.6. The summed E-state index contributed by atoms with van der Waals surface area (Å²) in [4.78, 5) is 28.4. The fourth-order valence-electron chi connectivity index (χ4n) is 2.72. The summed E-state index contributed by atoms with van der Waals surface area (Å²) < 4.78 is 40.5. The van der Waals surface area contributed by atoms with Gasteiger partial charge in [0.25, 0.3) is 5.56 Å². The molecule has 0 fully saturated rings. The summed E-state index contributed by atoms with van der Waals surface area (Å²) in [5, 5.41) is 9.17. The number of rotatable bonds is 4. The van der Waals surface area contributed by atoms with Crippen LogP contribution in [0.25, 0.3) is 11.0 Å². The number of carbonyl (C=O) groups excluding carboxylic acids is 1. The lowest BCUT2D eigenvalue weighted by molar-refractivity contribution is -0.142. The van der Waals surface area contributed by atoms with E-state index in [9.17, 15) is 22.8 Å². The van der Waals surface area contributed by atoms with Crippen LogP contribution >= 0.6 is 0 Å². The van der Waals surface area contributed by atoms with Crippen LogP contribution in [0.4, 0.5) is 13.2 Å². The lowest BCUT2D eigenvalue weighted by atomic mass is 10.2. The maximum atomic E-state index is 13.2. The topological polar surface area (TPSA) is 92.7 Å².